The third-order valence-electron chi connectivity index (χ3n) is 3.26. The predicted octanol–water partition coefficient (Wildman–Crippen LogP) is 2.38. The zero-order valence-corrected chi connectivity index (χ0v) is 9.55. The highest BCUT2D eigenvalue weighted by molar-refractivity contribution is 5.94. The first-order valence-corrected chi connectivity index (χ1v) is 5.66. The number of nitriles is 1. The molecule has 0 bridgehead atoms. The highest BCUT2D eigenvalue weighted by Crippen LogP contribution is 2.33. The number of nitrogens with zero attached hydrogens (tertiary/aromatic N) is 2. The SMILES string of the molecule is N#Cc1ccc2c(c1)cc1n2CC/C1=C\C(=O)O. The zero-order chi connectivity index (χ0) is 12.7. The summed E-state index contributed by atoms with van der Waals surface area (Å²) in [6, 6.07) is 9.60. The third kappa shape index (κ3) is 1.49. The fourth-order valence-electron chi connectivity index (χ4n) is 2.50. The quantitative estimate of drug-likeness (QED) is 0.775. The smallest absolute Gasteiger partial charge is 0.328 e. The van der Waals surface area contributed by atoms with Crippen LogP contribution in [0, 0.1) is 11.3 Å². The maximum Gasteiger partial charge on any atom is 0.328 e. The molecule has 1 aliphatic heterocycles. The van der Waals surface area contributed by atoms with Gasteiger partial charge in [-0.15, -0.1) is 0 Å². The van der Waals surface area contributed by atoms with Gasteiger partial charge in [-0.3, -0.25) is 0 Å². The Bertz CT molecular complexity index is 732. The first-order chi connectivity index (χ1) is 8.69. The van der Waals surface area contributed by atoms with Gasteiger partial charge >= 0.3 is 5.97 Å². The number of carboxylic acids is 1. The fraction of sp³-hybridized carbons (Fsp3) is 0.143. The van der Waals surface area contributed by atoms with Gasteiger partial charge in [0.1, 0.15) is 0 Å². The summed E-state index contributed by atoms with van der Waals surface area (Å²) in [5, 5.41) is 18.7. The van der Waals surface area contributed by atoms with E-state index in [9.17, 15) is 4.79 Å². The predicted molar refractivity (Wildman–Crippen MR) is 66.9 cm³/mol. The lowest BCUT2D eigenvalue weighted by Gasteiger charge is -1.98. The van der Waals surface area contributed by atoms with E-state index in [1.54, 1.807) is 6.07 Å². The molecule has 2 heterocycles. The molecule has 0 radical (unpaired) electrons. The number of rotatable bonds is 1. The molecule has 0 saturated heterocycles. The van der Waals surface area contributed by atoms with E-state index in [1.165, 1.54) is 6.08 Å². The van der Waals surface area contributed by atoms with Gasteiger partial charge < -0.3 is 9.67 Å². The lowest BCUT2D eigenvalue weighted by atomic mass is 10.1. The Kier molecular flexibility index (Phi) is 2.20. The average molecular weight is 238 g/mol. The van der Waals surface area contributed by atoms with E-state index in [0.29, 0.717) is 5.56 Å². The largest absolute Gasteiger partial charge is 0.478 e. The van der Waals surface area contributed by atoms with Crippen molar-refractivity contribution in [2.45, 2.75) is 13.0 Å². The molecule has 0 atom stereocenters. The van der Waals surface area contributed by atoms with Gasteiger partial charge in [0.05, 0.1) is 11.6 Å². The van der Waals surface area contributed by atoms with Crippen molar-refractivity contribution >= 4 is 22.4 Å². The number of aryl methyl sites for hydroxylation is 1. The van der Waals surface area contributed by atoms with Crippen LogP contribution in [0.4, 0.5) is 0 Å². The summed E-state index contributed by atoms with van der Waals surface area (Å²) >= 11 is 0. The van der Waals surface area contributed by atoms with Gasteiger partial charge in [-0.25, -0.2) is 4.79 Å². The van der Waals surface area contributed by atoms with Crippen LogP contribution in [0.25, 0.3) is 16.5 Å². The van der Waals surface area contributed by atoms with E-state index >= 15 is 0 Å². The monoisotopic (exact) mass is 238 g/mol. The first-order valence-electron chi connectivity index (χ1n) is 5.66. The molecule has 88 valence electrons. The number of carboxylic acid groups (broad SMARTS) is 1. The van der Waals surface area contributed by atoms with Crippen molar-refractivity contribution in [3.05, 3.63) is 41.6 Å². The summed E-state index contributed by atoms with van der Waals surface area (Å²) in [4.78, 5) is 10.8. The molecule has 1 aromatic carbocycles. The van der Waals surface area contributed by atoms with Gasteiger partial charge in [0.2, 0.25) is 0 Å². The Morgan fingerprint density at radius 2 is 2.28 bits per heavy atom. The molecular formula is C14H10N2O2. The molecule has 1 aliphatic rings. The Morgan fingerprint density at radius 1 is 1.44 bits per heavy atom. The van der Waals surface area contributed by atoms with Crippen molar-refractivity contribution in [3.63, 3.8) is 0 Å². The molecule has 0 fully saturated rings. The molecular weight excluding hydrogens is 228 g/mol. The maximum absolute atomic E-state index is 10.8. The second-order valence-electron chi connectivity index (χ2n) is 4.32. The van der Waals surface area contributed by atoms with Gasteiger partial charge in [-0.1, -0.05) is 0 Å². The van der Waals surface area contributed by atoms with Crippen LogP contribution in [-0.2, 0) is 11.3 Å². The van der Waals surface area contributed by atoms with Crippen molar-refractivity contribution in [2.24, 2.45) is 0 Å². The van der Waals surface area contributed by atoms with Gasteiger partial charge in [0.25, 0.3) is 0 Å². The molecule has 0 saturated carbocycles. The van der Waals surface area contributed by atoms with Crippen molar-refractivity contribution in [1.82, 2.24) is 4.57 Å². The summed E-state index contributed by atoms with van der Waals surface area (Å²) in [5.74, 6) is -0.915. The molecule has 4 heteroatoms. The van der Waals surface area contributed by atoms with Crippen LogP contribution in [0.15, 0.2) is 30.3 Å². The van der Waals surface area contributed by atoms with E-state index in [0.717, 1.165) is 35.1 Å². The Labute approximate surface area is 103 Å². The van der Waals surface area contributed by atoms with Crippen LogP contribution in [-0.4, -0.2) is 15.6 Å². The Morgan fingerprint density at radius 3 is 3.00 bits per heavy atom. The fourth-order valence-corrected chi connectivity index (χ4v) is 2.50. The molecule has 2 aromatic rings. The van der Waals surface area contributed by atoms with E-state index in [1.807, 2.05) is 18.2 Å². The van der Waals surface area contributed by atoms with Crippen LogP contribution in [0.2, 0.25) is 0 Å². The minimum absolute atomic E-state index is 0.621. The summed E-state index contributed by atoms with van der Waals surface area (Å²) in [6.45, 7) is 0.795. The van der Waals surface area contributed by atoms with Gasteiger partial charge in [0.15, 0.2) is 0 Å². The Hall–Kier alpha value is -2.54. The normalized spacial score (nSPS) is 15.8. The first kappa shape index (κ1) is 10.6. The van der Waals surface area contributed by atoms with Crippen LogP contribution < -0.4 is 0 Å². The number of benzene rings is 1. The number of hydrogen-bond acceptors (Lipinski definition) is 2. The van der Waals surface area contributed by atoms with Gasteiger partial charge in [-0.2, -0.15) is 5.26 Å². The van der Waals surface area contributed by atoms with E-state index < -0.39 is 5.97 Å². The molecule has 1 N–H and O–H groups in total. The second-order valence-corrected chi connectivity index (χ2v) is 4.32. The number of carbonyl (C=O) groups is 1. The lowest BCUT2D eigenvalue weighted by Crippen LogP contribution is -1.91. The van der Waals surface area contributed by atoms with Crippen molar-refractivity contribution < 1.29 is 9.90 Å². The summed E-state index contributed by atoms with van der Waals surface area (Å²) in [6.07, 6.45) is 2.01. The zero-order valence-electron chi connectivity index (χ0n) is 9.55. The molecule has 0 spiro atoms. The van der Waals surface area contributed by atoms with Crippen molar-refractivity contribution in [2.75, 3.05) is 0 Å². The standard InChI is InChI=1S/C14H10N2O2/c15-8-9-1-2-12-11(5-9)6-13-10(7-14(17)18)3-4-16(12)13/h1-2,5-7H,3-4H2,(H,17,18)/b10-7+. The summed E-state index contributed by atoms with van der Waals surface area (Å²) < 4.78 is 2.10. The van der Waals surface area contributed by atoms with Crippen molar-refractivity contribution in [1.29, 1.82) is 5.26 Å². The molecule has 0 unspecified atom stereocenters. The molecule has 3 rings (SSSR count). The molecule has 0 aliphatic carbocycles. The molecule has 0 amide bonds. The van der Waals surface area contributed by atoms with Crippen molar-refractivity contribution in [3.8, 4) is 6.07 Å². The van der Waals surface area contributed by atoms with E-state index in [2.05, 4.69) is 10.6 Å². The molecule has 1 aromatic heterocycles. The second kappa shape index (κ2) is 3.74. The minimum atomic E-state index is -0.915. The highest BCUT2D eigenvalue weighted by Gasteiger charge is 2.19. The molecule has 18 heavy (non-hydrogen) atoms. The van der Waals surface area contributed by atoms with Crippen LogP contribution in [0.3, 0.4) is 0 Å². The summed E-state index contributed by atoms with van der Waals surface area (Å²) in [7, 11) is 0. The molecule has 4 nitrogen and oxygen atoms in total. The number of allylic oxidation sites excluding steroid dienone is 1. The van der Waals surface area contributed by atoms with Crippen LogP contribution in [0.5, 0.6) is 0 Å². The van der Waals surface area contributed by atoms with Gasteiger partial charge in [0, 0.05) is 29.2 Å². The third-order valence-corrected chi connectivity index (χ3v) is 3.26. The Balaban J connectivity index is 2.21. The van der Waals surface area contributed by atoms with Gasteiger partial charge in [-0.05, 0) is 36.3 Å². The van der Waals surface area contributed by atoms with E-state index in [4.69, 9.17) is 10.4 Å². The highest BCUT2D eigenvalue weighted by atomic mass is 16.4. The maximum atomic E-state index is 10.8. The minimum Gasteiger partial charge on any atom is -0.478 e. The number of hydrogen-bond donors (Lipinski definition) is 1. The van der Waals surface area contributed by atoms with Crippen LogP contribution in [0.1, 0.15) is 17.7 Å². The number of aromatic nitrogens is 1. The topological polar surface area (TPSA) is 66.0 Å². The average Bonchev–Trinajstić information content (AvgIpc) is 2.88. The number of aliphatic carboxylic acids is 1. The van der Waals surface area contributed by atoms with E-state index in [-0.39, 0.29) is 0 Å². The summed E-state index contributed by atoms with van der Waals surface area (Å²) in [5.41, 5.74) is 3.47. The lowest BCUT2D eigenvalue weighted by molar-refractivity contribution is -0.131. The number of fused-ring (bicyclic) bond motifs is 3. The van der Waals surface area contributed by atoms with Crippen LogP contribution >= 0.6 is 0 Å².